The lowest BCUT2D eigenvalue weighted by molar-refractivity contribution is 0.0953. The number of nitrogens with one attached hydrogen (secondary N) is 1. The van der Waals surface area contributed by atoms with Gasteiger partial charge in [0.05, 0.1) is 9.77 Å². The fourth-order valence-electron chi connectivity index (χ4n) is 1.20. The summed E-state index contributed by atoms with van der Waals surface area (Å²) in [6, 6.07) is 1.32. The van der Waals surface area contributed by atoms with Crippen LogP contribution in [0.3, 0.4) is 0 Å². The maximum atomic E-state index is 11.7. The highest BCUT2D eigenvalue weighted by atomic mass is 35.7. The molecule has 0 saturated heterocycles. The molecule has 0 spiro atoms. The van der Waals surface area contributed by atoms with Crippen molar-refractivity contribution < 1.29 is 13.2 Å². The van der Waals surface area contributed by atoms with Crippen molar-refractivity contribution in [1.82, 2.24) is 5.32 Å². The van der Waals surface area contributed by atoms with E-state index in [1.54, 1.807) is 6.92 Å². The molecule has 1 heterocycles. The predicted molar refractivity (Wildman–Crippen MR) is 69.3 cm³/mol. The first-order valence-electron chi connectivity index (χ1n) is 5.05. The first-order chi connectivity index (χ1) is 7.71. The summed E-state index contributed by atoms with van der Waals surface area (Å²) >= 11 is 1.13. The van der Waals surface area contributed by atoms with Crippen LogP contribution in [0.25, 0.3) is 0 Å². The highest BCUT2D eigenvalue weighted by Crippen LogP contribution is 2.28. The quantitative estimate of drug-likeness (QED) is 0.867. The normalized spacial score (nSPS) is 11.8. The van der Waals surface area contributed by atoms with Gasteiger partial charge in [-0.25, -0.2) is 8.42 Å². The Morgan fingerprint density at radius 2 is 2.12 bits per heavy atom. The number of carbonyl (C=O) groups is 1. The predicted octanol–water partition coefficient (Wildman–Crippen LogP) is 2.37. The molecule has 0 saturated carbocycles. The standard InChI is InChI=1S/C10H14ClNO3S2/c1-6(2)5-12-10(13)8-4-9(7(3)16-8)17(11,14)15/h4,6H,5H2,1-3H3,(H,12,13). The minimum Gasteiger partial charge on any atom is -0.351 e. The lowest BCUT2D eigenvalue weighted by atomic mass is 10.2. The maximum absolute atomic E-state index is 11.7. The summed E-state index contributed by atoms with van der Waals surface area (Å²) in [6.45, 7) is 6.14. The largest absolute Gasteiger partial charge is 0.351 e. The highest BCUT2D eigenvalue weighted by Gasteiger charge is 2.20. The van der Waals surface area contributed by atoms with Crippen LogP contribution < -0.4 is 5.32 Å². The molecule has 1 N–H and O–H groups in total. The summed E-state index contributed by atoms with van der Waals surface area (Å²) in [6.07, 6.45) is 0. The van der Waals surface area contributed by atoms with E-state index in [0.717, 1.165) is 11.3 Å². The molecule has 0 aromatic carbocycles. The Bertz CT molecular complexity index is 520. The molecule has 0 aliphatic carbocycles. The van der Waals surface area contributed by atoms with Crippen molar-refractivity contribution in [3.63, 3.8) is 0 Å². The smallest absolute Gasteiger partial charge is 0.262 e. The minimum atomic E-state index is -3.77. The number of carbonyl (C=O) groups excluding carboxylic acids is 1. The Labute approximate surface area is 109 Å². The van der Waals surface area contributed by atoms with Crippen LogP contribution in [-0.2, 0) is 9.05 Å². The molecule has 0 fully saturated rings. The fourth-order valence-corrected chi connectivity index (χ4v) is 3.78. The van der Waals surface area contributed by atoms with Crippen molar-refractivity contribution in [2.24, 2.45) is 5.92 Å². The van der Waals surface area contributed by atoms with Gasteiger partial charge in [0, 0.05) is 22.1 Å². The van der Waals surface area contributed by atoms with Crippen LogP contribution in [0.5, 0.6) is 0 Å². The number of aryl methyl sites for hydroxylation is 1. The first kappa shape index (κ1) is 14.5. The zero-order valence-corrected chi connectivity index (χ0v) is 12.2. The van der Waals surface area contributed by atoms with Gasteiger partial charge in [0.1, 0.15) is 0 Å². The topological polar surface area (TPSA) is 63.2 Å². The number of thiophene rings is 1. The molecule has 1 amide bonds. The summed E-state index contributed by atoms with van der Waals surface area (Å²) in [5.74, 6) is 0.0783. The summed E-state index contributed by atoms with van der Waals surface area (Å²) in [4.78, 5) is 12.6. The van der Waals surface area contributed by atoms with Crippen LogP contribution in [0.2, 0.25) is 0 Å². The van der Waals surface area contributed by atoms with Gasteiger partial charge in [-0.2, -0.15) is 0 Å². The second kappa shape index (κ2) is 5.37. The average Bonchev–Trinajstić information content (AvgIpc) is 2.56. The molecule has 0 radical (unpaired) electrons. The van der Waals surface area contributed by atoms with Gasteiger partial charge >= 0.3 is 0 Å². The van der Waals surface area contributed by atoms with E-state index in [0.29, 0.717) is 22.2 Å². The Morgan fingerprint density at radius 3 is 2.53 bits per heavy atom. The van der Waals surface area contributed by atoms with Crippen LogP contribution in [0.1, 0.15) is 28.4 Å². The van der Waals surface area contributed by atoms with Gasteiger partial charge < -0.3 is 5.32 Å². The van der Waals surface area contributed by atoms with E-state index in [4.69, 9.17) is 10.7 Å². The Kier molecular flexibility index (Phi) is 4.57. The van der Waals surface area contributed by atoms with E-state index in [1.165, 1.54) is 6.07 Å². The number of rotatable bonds is 4. The van der Waals surface area contributed by atoms with Crippen molar-refractivity contribution >= 4 is 37.0 Å². The van der Waals surface area contributed by atoms with Gasteiger partial charge in [-0.3, -0.25) is 4.79 Å². The molecular weight excluding hydrogens is 282 g/mol. The Hall–Kier alpha value is -0.590. The SMILES string of the molecule is Cc1sc(C(=O)NCC(C)C)cc1S(=O)(=O)Cl. The van der Waals surface area contributed by atoms with E-state index >= 15 is 0 Å². The summed E-state index contributed by atoms with van der Waals surface area (Å²) in [7, 11) is 1.48. The second-order valence-electron chi connectivity index (χ2n) is 4.07. The third kappa shape index (κ3) is 3.97. The lowest BCUT2D eigenvalue weighted by Gasteiger charge is -2.05. The van der Waals surface area contributed by atoms with Gasteiger partial charge in [-0.05, 0) is 18.9 Å². The molecule has 0 aliphatic rings. The van der Waals surface area contributed by atoms with E-state index in [2.05, 4.69) is 5.32 Å². The Morgan fingerprint density at radius 1 is 1.53 bits per heavy atom. The minimum absolute atomic E-state index is 0.0128. The van der Waals surface area contributed by atoms with Crippen LogP contribution in [-0.4, -0.2) is 20.9 Å². The number of hydrogen-bond acceptors (Lipinski definition) is 4. The first-order valence-corrected chi connectivity index (χ1v) is 8.17. The molecule has 0 aliphatic heterocycles. The zero-order valence-electron chi connectivity index (χ0n) is 9.78. The lowest BCUT2D eigenvalue weighted by Crippen LogP contribution is -2.26. The summed E-state index contributed by atoms with van der Waals surface area (Å²) < 4.78 is 22.4. The van der Waals surface area contributed by atoms with Gasteiger partial charge in [0.2, 0.25) is 0 Å². The number of hydrogen-bond donors (Lipinski definition) is 1. The van der Waals surface area contributed by atoms with Crippen LogP contribution in [0, 0.1) is 12.8 Å². The molecule has 4 nitrogen and oxygen atoms in total. The van der Waals surface area contributed by atoms with Crippen molar-refractivity contribution in [2.75, 3.05) is 6.54 Å². The van der Waals surface area contributed by atoms with Crippen LogP contribution >= 0.6 is 22.0 Å². The molecule has 0 unspecified atom stereocenters. The summed E-state index contributed by atoms with van der Waals surface area (Å²) in [5.41, 5.74) is 0. The molecule has 7 heteroatoms. The molecule has 1 aromatic heterocycles. The van der Waals surface area contributed by atoms with Gasteiger partial charge in [-0.15, -0.1) is 11.3 Å². The monoisotopic (exact) mass is 295 g/mol. The molecule has 96 valence electrons. The van der Waals surface area contributed by atoms with Crippen LogP contribution in [0.4, 0.5) is 0 Å². The molecule has 1 aromatic rings. The van der Waals surface area contributed by atoms with E-state index < -0.39 is 9.05 Å². The number of amides is 1. The van der Waals surface area contributed by atoms with Gasteiger partial charge in [-0.1, -0.05) is 13.8 Å². The highest BCUT2D eigenvalue weighted by molar-refractivity contribution is 8.13. The third-order valence-corrected chi connectivity index (χ3v) is 4.66. The van der Waals surface area contributed by atoms with Crippen molar-refractivity contribution in [1.29, 1.82) is 0 Å². The van der Waals surface area contributed by atoms with Gasteiger partial charge in [0.15, 0.2) is 0 Å². The molecule has 0 bridgehead atoms. The molecule has 17 heavy (non-hydrogen) atoms. The Balaban J connectivity index is 2.91. The van der Waals surface area contributed by atoms with E-state index in [-0.39, 0.29) is 10.8 Å². The second-order valence-corrected chi connectivity index (χ2v) is 7.86. The average molecular weight is 296 g/mol. The third-order valence-electron chi connectivity index (χ3n) is 2.03. The van der Waals surface area contributed by atoms with E-state index in [9.17, 15) is 13.2 Å². The fraction of sp³-hybridized carbons (Fsp3) is 0.500. The van der Waals surface area contributed by atoms with Crippen molar-refractivity contribution in [3.05, 3.63) is 15.8 Å². The molecule has 1 rings (SSSR count). The van der Waals surface area contributed by atoms with E-state index in [1.807, 2.05) is 13.8 Å². The molecular formula is C10H14ClNO3S2. The summed E-state index contributed by atoms with van der Waals surface area (Å²) in [5, 5.41) is 2.72. The molecule has 0 atom stereocenters. The maximum Gasteiger partial charge on any atom is 0.262 e. The van der Waals surface area contributed by atoms with Crippen molar-refractivity contribution in [3.8, 4) is 0 Å². The zero-order chi connectivity index (χ0) is 13.2. The number of halogens is 1. The van der Waals surface area contributed by atoms with Crippen molar-refractivity contribution in [2.45, 2.75) is 25.7 Å². The van der Waals surface area contributed by atoms with Gasteiger partial charge in [0.25, 0.3) is 15.0 Å². The van der Waals surface area contributed by atoms with Crippen LogP contribution in [0.15, 0.2) is 11.0 Å².